The van der Waals surface area contributed by atoms with Gasteiger partial charge in [0.15, 0.2) is 6.23 Å². The van der Waals surface area contributed by atoms with E-state index in [0.717, 1.165) is 12.8 Å². The third-order valence-electron chi connectivity index (χ3n) is 2.11. The van der Waals surface area contributed by atoms with Crippen molar-refractivity contribution in [3.8, 4) is 0 Å². The second-order valence-corrected chi connectivity index (χ2v) is 3.02. The zero-order valence-electron chi connectivity index (χ0n) is 6.55. The van der Waals surface area contributed by atoms with Crippen LogP contribution in [0.5, 0.6) is 0 Å². The summed E-state index contributed by atoms with van der Waals surface area (Å²) in [6.45, 7) is 0. The zero-order valence-corrected chi connectivity index (χ0v) is 6.55. The summed E-state index contributed by atoms with van der Waals surface area (Å²) in [5.41, 5.74) is 0. The average molecular weight is 156 g/mol. The van der Waals surface area contributed by atoms with Gasteiger partial charge in [-0.2, -0.15) is 0 Å². The van der Waals surface area contributed by atoms with Crippen molar-refractivity contribution in [3.05, 3.63) is 0 Å². The van der Waals surface area contributed by atoms with Crippen molar-refractivity contribution in [2.24, 2.45) is 0 Å². The molecule has 1 radical (unpaired) electrons. The Morgan fingerprint density at radius 1 is 1.36 bits per heavy atom. The molecule has 1 aliphatic rings. The van der Waals surface area contributed by atoms with Crippen molar-refractivity contribution >= 4 is 6.29 Å². The smallest absolute Gasteiger partial charge is 0.245 e. The summed E-state index contributed by atoms with van der Waals surface area (Å²) < 4.78 is 0. The summed E-state index contributed by atoms with van der Waals surface area (Å²) in [5, 5.41) is 11.7. The molecule has 1 fully saturated rings. The molecule has 0 amide bonds. The first kappa shape index (κ1) is 8.68. The lowest BCUT2D eigenvalue weighted by molar-refractivity contribution is 0.167. The normalized spacial score (nSPS) is 23.0. The Hall–Kier alpha value is -0.410. The number of hydrogen-bond acceptors (Lipinski definition) is 3. The van der Waals surface area contributed by atoms with E-state index in [1.165, 1.54) is 25.5 Å². The minimum Gasteiger partial charge on any atom is -0.371 e. The Balaban J connectivity index is 2.18. The van der Waals surface area contributed by atoms with Gasteiger partial charge >= 0.3 is 0 Å². The third kappa shape index (κ3) is 2.99. The third-order valence-corrected chi connectivity index (χ3v) is 2.11. The Morgan fingerprint density at radius 2 is 2.00 bits per heavy atom. The monoisotopic (exact) mass is 156 g/mol. The first-order valence-electron chi connectivity index (χ1n) is 4.14. The lowest BCUT2D eigenvalue weighted by Gasteiger charge is -2.23. The molecule has 2 N–H and O–H groups in total. The van der Waals surface area contributed by atoms with Gasteiger partial charge in [0.25, 0.3) is 0 Å². The molecule has 0 bridgehead atoms. The standard InChI is InChI=1S/C8H14NO2/c10-6-8(11)9-7-4-2-1-3-5-7/h7-9,11H,1-5H2. The lowest BCUT2D eigenvalue weighted by Crippen LogP contribution is -2.40. The van der Waals surface area contributed by atoms with Gasteiger partial charge in [-0.3, -0.25) is 10.1 Å². The molecule has 3 heteroatoms. The molecule has 0 heterocycles. The van der Waals surface area contributed by atoms with Crippen molar-refractivity contribution < 1.29 is 9.90 Å². The molecule has 11 heavy (non-hydrogen) atoms. The summed E-state index contributed by atoms with van der Waals surface area (Å²) in [5.74, 6) is 0. The van der Waals surface area contributed by atoms with Crippen LogP contribution in [0.25, 0.3) is 0 Å². The van der Waals surface area contributed by atoms with Crippen LogP contribution in [0.2, 0.25) is 0 Å². The highest BCUT2D eigenvalue weighted by molar-refractivity contribution is 5.55. The van der Waals surface area contributed by atoms with E-state index in [1.54, 1.807) is 0 Å². The van der Waals surface area contributed by atoms with Gasteiger partial charge in [0.2, 0.25) is 6.29 Å². The molecule has 0 aromatic carbocycles. The number of nitrogens with one attached hydrogen (secondary N) is 1. The van der Waals surface area contributed by atoms with Crippen LogP contribution in [-0.4, -0.2) is 23.7 Å². The van der Waals surface area contributed by atoms with Crippen LogP contribution >= 0.6 is 0 Å². The molecule has 1 atom stereocenters. The number of aliphatic hydroxyl groups excluding tert-OH is 1. The van der Waals surface area contributed by atoms with Gasteiger partial charge in [-0.25, -0.2) is 0 Å². The molecule has 0 aromatic heterocycles. The fourth-order valence-electron chi connectivity index (χ4n) is 1.53. The van der Waals surface area contributed by atoms with Gasteiger partial charge < -0.3 is 5.11 Å². The Kier molecular flexibility index (Phi) is 3.52. The molecule has 0 saturated heterocycles. The van der Waals surface area contributed by atoms with Crippen molar-refractivity contribution in [3.63, 3.8) is 0 Å². The molecule has 1 unspecified atom stereocenters. The predicted octanol–water partition coefficient (Wildman–Crippen LogP) is 0.337. The summed E-state index contributed by atoms with van der Waals surface area (Å²) in [6.07, 6.45) is 6.23. The highest BCUT2D eigenvalue weighted by Gasteiger charge is 2.15. The topological polar surface area (TPSA) is 49.3 Å². The van der Waals surface area contributed by atoms with Crippen LogP contribution in [-0.2, 0) is 4.79 Å². The minimum atomic E-state index is -1.09. The van der Waals surface area contributed by atoms with Crippen LogP contribution < -0.4 is 5.32 Å². The first-order chi connectivity index (χ1) is 5.33. The van der Waals surface area contributed by atoms with Crippen LogP contribution in [0, 0.1) is 0 Å². The molecule has 63 valence electrons. The van der Waals surface area contributed by atoms with Gasteiger partial charge in [-0.05, 0) is 12.8 Å². The van der Waals surface area contributed by atoms with E-state index in [0.29, 0.717) is 6.04 Å². The number of hydrogen-bond donors (Lipinski definition) is 2. The van der Waals surface area contributed by atoms with E-state index in [9.17, 15) is 4.79 Å². The van der Waals surface area contributed by atoms with E-state index in [-0.39, 0.29) is 0 Å². The Morgan fingerprint density at radius 3 is 2.55 bits per heavy atom. The van der Waals surface area contributed by atoms with E-state index >= 15 is 0 Å². The van der Waals surface area contributed by atoms with Crippen LogP contribution in [0.4, 0.5) is 0 Å². The summed E-state index contributed by atoms with van der Waals surface area (Å²) in [6, 6.07) is 0.320. The molecule has 1 rings (SSSR count). The van der Waals surface area contributed by atoms with Crippen LogP contribution in [0.3, 0.4) is 0 Å². The highest BCUT2D eigenvalue weighted by atomic mass is 16.3. The molecular formula is C8H14NO2. The maximum atomic E-state index is 9.94. The van der Waals surface area contributed by atoms with Crippen LogP contribution in [0.1, 0.15) is 32.1 Å². The summed E-state index contributed by atoms with van der Waals surface area (Å²) >= 11 is 0. The second kappa shape index (κ2) is 4.46. The van der Waals surface area contributed by atoms with Gasteiger partial charge in [0.1, 0.15) is 0 Å². The van der Waals surface area contributed by atoms with E-state index < -0.39 is 6.23 Å². The molecule has 0 aliphatic heterocycles. The molecule has 0 spiro atoms. The summed E-state index contributed by atoms with van der Waals surface area (Å²) in [4.78, 5) is 9.94. The highest BCUT2D eigenvalue weighted by Crippen LogP contribution is 2.17. The molecule has 0 aromatic rings. The van der Waals surface area contributed by atoms with Gasteiger partial charge in [0, 0.05) is 6.04 Å². The fourth-order valence-corrected chi connectivity index (χ4v) is 1.53. The molecule has 1 aliphatic carbocycles. The second-order valence-electron chi connectivity index (χ2n) is 3.02. The van der Waals surface area contributed by atoms with Crippen LogP contribution in [0.15, 0.2) is 0 Å². The van der Waals surface area contributed by atoms with Gasteiger partial charge in [-0.1, -0.05) is 19.3 Å². The molecular weight excluding hydrogens is 142 g/mol. The van der Waals surface area contributed by atoms with Gasteiger partial charge in [0.05, 0.1) is 0 Å². The molecule has 1 saturated carbocycles. The summed E-state index contributed by atoms with van der Waals surface area (Å²) in [7, 11) is 0. The number of carbonyl (C=O) groups excluding carboxylic acids is 1. The predicted molar refractivity (Wildman–Crippen MR) is 41.7 cm³/mol. The quantitative estimate of drug-likeness (QED) is 0.579. The first-order valence-corrected chi connectivity index (χ1v) is 4.14. The van der Waals surface area contributed by atoms with Crippen molar-refractivity contribution in [1.29, 1.82) is 0 Å². The Bertz CT molecular complexity index is 121. The maximum Gasteiger partial charge on any atom is 0.245 e. The number of aliphatic hydroxyl groups is 1. The Labute approximate surface area is 66.8 Å². The van der Waals surface area contributed by atoms with E-state index in [2.05, 4.69) is 5.32 Å². The van der Waals surface area contributed by atoms with Crippen molar-refractivity contribution in [2.45, 2.75) is 44.4 Å². The van der Waals surface area contributed by atoms with Crippen molar-refractivity contribution in [1.82, 2.24) is 5.32 Å². The zero-order chi connectivity index (χ0) is 8.10. The molecule has 3 nitrogen and oxygen atoms in total. The van der Waals surface area contributed by atoms with Gasteiger partial charge in [-0.15, -0.1) is 0 Å². The average Bonchev–Trinajstić information content (AvgIpc) is 2.06. The SMILES string of the molecule is O=[C]C(O)NC1CCCCC1. The minimum absolute atomic E-state index is 0.320. The number of rotatable bonds is 3. The van der Waals surface area contributed by atoms with Crippen molar-refractivity contribution in [2.75, 3.05) is 0 Å². The fraction of sp³-hybridized carbons (Fsp3) is 0.875. The van der Waals surface area contributed by atoms with E-state index in [4.69, 9.17) is 5.11 Å². The lowest BCUT2D eigenvalue weighted by atomic mass is 9.95. The largest absolute Gasteiger partial charge is 0.371 e. The maximum absolute atomic E-state index is 9.94. The van der Waals surface area contributed by atoms with E-state index in [1.807, 2.05) is 0 Å².